The van der Waals surface area contributed by atoms with Crippen molar-refractivity contribution in [1.82, 2.24) is 15.2 Å². The molecule has 5 nitrogen and oxygen atoms in total. The fraction of sp³-hybridized carbons (Fsp3) is 0.545. The van der Waals surface area contributed by atoms with E-state index in [0.29, 0.717) is 25.0 Å². The summed E-state index contributed by atoms with van der Waals surface area (Å²) in [5.41, 5.74) is 2.29. The monoisotopic (exact) mass is 528 g/mol. The molecule has 1 unspecified atom stereocenters. The van der Waals surface area contributed by atoms with Crippen molar-refractivity contribution in [1.29, 1.82) is 0 Å². The molecule has 0 spiro atoms. The number of guanidine groups is 1. The van der Waals surface area contributed by atoms with Gasteiger partial charge in [-0.1, -0.05) is 44.2 Å². The lowest BCUT2D eigenvalue weighted by molar-refractivity contribution is 0.0906. The standard InChI is InChI=1S/C22H32N4OS.HI/c1-4-23-22(24-12-20-16-28-21(25-20)17(2)3)26-11-10-19(13-26)15-27-14-18-8-6-5-7-9-18;/h5-9,16-17,19H,4,10-15H2,1-3H3,(H,23,24);1H. The summed E-state index contributed by atoms with van der Waals surface area (Å²) in [6, 6.07) is 10.4. The molecule has 0 bridgehead atoms. The smallest absolute Gasteiger partial charge is 0.194 e. The van der Waals surface area contributed by atoms with E-state index in [1.54, 1.807) is 11.3 Å². The van der Waals surface area contributed by atoms with Crippen molar-refractivity contribution in [2.45, 2.75) is 46.3 Å². The van der Waals surface area contributed by atoms with Gasteiger partial charge in [0.25, 0.3) is 0 Å². The molecule has 0 saturated carbocycles. The van der Waals surface area contributed by atoms with Crippen LogP contribution in [0.3, 0.4) is 0 Å². The predicted molar refractivity (Wildman–Crippen MR) is 132 cm³/mol. The summed E-state index contributed by atoms with van der Waals surface area (Å²) in [5, 5.41) is 6.76. The van der Waals surface area contributed by atoms with Crippen LogP contribution in [0, 0.1) is 5.92 Å². The van der Waals surface area contributed by atoms with Crippen LogP contribution < -0.4 is 5.32 Å². The van der Waals surface area contributed by atoms with E-state index in [2.05, 4.69) is 60.6 Å². The minimum absolute atomic E-state index is 0. The van der Waals surface area contributed by atoms with Gasteiger partial charge in [-0.2, -0.15) is 0 Å². The molecule has 1 atom stereocenters. The number of aliphatic imine (C=N–C) groups is 1. The van der Waals surface area contributed by atoms with Gasteiger partial charge in [-0.15, -0.1) is 35.3 Å². The Morgan fingerprint density at radius 2 is 2.14 bits per heavy atom. The van der Waals surface area contributed by atoms with E-state index in [1.807, 2.05) is 6.07 Å². The van der Waals surface area contributed by atoms with Crippen LogP contribution in [0.5, 0.6) is 0 Å². The Kier molecular flexibility index (Phi) is 10.4. The van der Waals surface area contributed by atoms with Crippen LogP contribution in [-0.4, -0.2) is 42.1 Å². The van der Waals surface area contributed by atoms with Crippen LogP contribution in [0.1, 0.15) is 49.4 Å². The van der Waals surface area contributed by atoms with E-state index >= 15 is 0 Å². The maximum absolute atomic E-state index is 5.95. The van der Waals surface area contributed by atoms with Gasteiger partial charge in [0.15, 0.2) is 5.96 Å². The van der Waals surface area contributed by atoms with Crippen molar-refractivity contribution in [2.75, 3.05) is 26.2 Å². The zero-order valence-corrected chi connectivity index (χ0v) is 20.8. The minimum atomic E-state index is 0. The molecule has 1 aromatic carbocycles. The first-order valence-electron chi connectivity index (χ1n) is 10.2. The number of likely N-dealkylation sites (tertiary alicyclic amines) is 1. The Hall–Kier alpha value is -1.19. The van der Waals surface area contributed by atoms with Crippen LogP contribution in [-0.2, 0) is 17.9 Å². The average Bonchev–Trinajstić information content (AvgIpc) is 3.36. The fourth-order valence-electron chi connectivity index (χ4n) is 3.32. The minimum Gasteiger partial charge on any atom is -0.376 e. The first-order valence-corrected chi connectivity index (χ1v) is 11.1. The van der Waals surface area contributed by atoms with Gasteiger partial charge in [0.05, 0.1) is 30.5 Å². The summed E-state index contributed by atoms with van der Waals surface area (Å²) in [6.07, 6.45) is 1.15. The van der Waals surface area contributed by atoms with Crippen LogP contribution in [0.25, 0.3) is 0 Å². The second kappa shape index (κ2) is 12.5. The lowest BCUT2D eigenvalue weighted by atomic mass is 10.1. The highest BCUT2D eigenvalue weighted by Crippen LogP contribution is 2.20. The zero-order valence-electron chi connectivity index (χ0n) is 17.6. The molecule has 0 amide bonds. The number of benzene rings is 1. The summed E-state index contributed by atoms with van der Waals surface area (Å²) < 4.78 is 5.95. The van der Waals surface area contributed by atoms with Gasteiger partial charge in [0, 0.05) is 36.9 Å². The molecule has 160 valence electrons. The van der Waals surface area contributed by atoms with Gasteiger partial charge in [0.1, 0.15) is 0 Å². The lowest BCUT2D eigenvalue weighted by Gasteiger charge is -2.21. The van der Waals surface area contributed by atoms with Crippen molar-refractivity contribution < 1.29 is 4.74 Å². The summed E-state index contributed by atoms with van der Waals surface area (Å²) in [6.45, 7) is 11.5. The summed E-state index contributed by atoms with van der Waals surface area (Å²) in [7, 11) is 0. The van der Waals surface area contributed by atoms with Crippen molar-refractivity contribution in [3.8, 4) is 0 Å². The first-order chi connectivity index (χ1) is 13.7. The Morgan fingerprint density at radius 1 is 1.34 bits per heavy atom. The van der Waals surface area contributed by atoms with E-state index in [1.165, 1.54) is 10.6 Å². The molecule has 1 saturated heterocycles. The molecule has 29 heavy (non-hydrogen) atoms. The first kappa shape index (κ1) is 24.1. The van der Waals surface area contributed by atoms with Crippen LogP contribution in [0.4, 0.5) is 0 Å². The van der Waals surface area contributed by atoms with Gasteiger partial charge in [-0.25, -0.2) is 9.98 Å². The molecule has 7 heteroatoms. The Balaban J connectivity index is 0.00000300. The van der Waals surface area contributed by atoms with Crippen LogP contribution in [0.15, 0.2) is 40.7 Å². The number of thiazole rings is 1. The molecular weight excluding hydrogens is 495 g/mol. The van der Waals surface area contributed by atoms with Crippen molar-refractivity contribution in [2.24, 2.45) is 10.9 Å². The Bertz CT molecular complexity index is 750. The van der Waals surface area contributed by atoms with Crippen molar-refractivity contribution in [3.05, 3.63) is 52.0 Å². The molecule has 0 radical (unpaired) electrons. The number of rotatable bonds is 8. The number of halogens is 1. The second-order valence-electron chi connectivity index (χ2n) is 7.60. The summed E-state index contributed by atoms with van der Waals surface area (Å²) in [4.78, 5) is 11.9. The summed E-state index contributed by atoms with van der Waals surface area (Å²) >= 11 is 1.73. The van der Waals surface area contributed by atoms with E-state index in [4.69, 9.17) is 14.7 Å². The van der Waals surface area contributed by atoms with E-state index in [-0.39, 0.29) is 24.0 Å². The SMILES string of the molecule is CCNC(=NCc1csc(C(C)C)n1)N1CCC(COCc2ccccc2)C1.I. The highest BCUT2D eigenvalue weighted by atomic mass is 127. The van der Waals surface area contributed by atoms with Gasteiger partial charge < -0.3 is 15.0 Å². The van der Waals surface area contributed by atoms with Gasteiger partial charge in [-0.3, -0.25) is 0 Å². The lowest BCUT2D eigenvalue weighted by Crippen LogP contribution is -2.40. The number of nitrogens with zero attached hydrogens (tertiary/aromatic N) is 3. The molecule has 1 N–H and O–H groups in total. The van der Waals surface area contributed by atoms with E-state index in [9.17, 15) is 0 Å². The van der Waals surface area contributed by atoms with Crippen molar-refractivity contribution in [3.63, 3.8) is 0 Å². The normalized spacial score (nSPS) is 16.9. The van der Waals surface area contributed by atoms with Gasteiger partial charge in [0.2, 0.25) is 0 Å². The highest BCUT2D eigenvalue weighted by Gasteiger charge is 2.25. The van der Waals surface area contributed by atoms with Crippen LogP contribution in [0.2, 0.25) is 0 Å². The molecule has 1 fully saturated rings. The molecular formula is C22H33IN4OS. The quantitative estimate of drug-likeness (QED) is 0.301. The molecule has 3 rings (SSSR count). The summed E-state index contributed by atoms with van der Waals surface area (Å²) in [5.74, 6) is 2.03. The molecule has 1 aliphatic heterocycles. The Morgan fingerprint density at radius 3 is 2.83 bits per heavy atom. The molecule has 2 heterocycles. The zero-order chi connectivity index (χ0) is 19.8. The molecule has 1 aromatic heterocycles. The highest BCUT2D eigenvalue weighted by molar-refractivity contribution is 14.0. The Labute approximate surface area is 196 Å². The largest absolute Gasteiger partial charge is 0.376 e. The molecule has 2 aromatic rings. The number of hydrogen-bond acceptors (Lipinski definition) is 4. The van der Waals surface area contributed by atoms with E-state index in [0.717, 1.165) is 44.3 Å². The third-order valence-electron chi connectivity index (χ3n) is 4.84. The van der Waals surface area contributed by atoms with Gasteiger partial charge >= 0.3 is 0 Å². The third kappa shape index (κ3) is 7.53. The van der Waals surface area contributed by atoms with E-state index < -0.39 is 0 Å². The number of ether oxygens (including phenoxy) is 1. The third-order valence-corrected chi connectivity index (χ3v) is 6.03. The molecule has 0 aliphatic carbocycles. The fourth-order valence-corrected chi connectivity index (χ4v) is 4.15. The number of aromatic nitrogens is 1. The topological polar surface area (TPSA) is 49.8 Å². The predicted octanol–water partition coefficient (Wildman–Crippen LogP) is 4.89. The van der Waals surface area contributed by atoms with Crippen LogP contribution >= 0.6 is 35.3 Å². The van der Waals surface area contributed by atoms with Gasteiger partial charge in [-0.05, 0) is 18.9 Å². The van der Waals surface area contributed by atoms with Crippen molar-refractivity contribution >= 4 is 41.3 Å². The average molecular weight is 529 g/mol. The maximum atomic E-state index is 5.95. The number of hydrogen-bond donors (Lipinski definition) is 1. The molecule has 1 aliphatic rings. The number of nitrogens with one attached hydrogen (secondary N) is 1. The maximum Gasteiger partial charge on any atom is 0.194 e. The second-order valence-corrected chi connectivity index (χ2v) is 8.49.